The van der Waals surface area contributed by atoms with Gasteiger partial charge in [0.1, 0.15) is 19.2 Å². The standard InChI is InChI=1S/C21H20ClN5O5/c1-13-7-8-16(22)15(9-13)20-24-25-26-27(20)11-18(28)17(10-19(29)30)23-21(31)32-12-14-5-3-2-4-6-14/h2-9,17H,10-12H2,1H3,(H,23,31)(H,29,30). The van der Waals surface area contributed by atoms with E-state index in [9.17, 15) is 19.5 Å². The average Bonchev–Trinajstić information content (AvgIpc) is 3.21. The third-order valence-electron chi connectivity index (χ3n) is 4.47. The van der Waals surface area contributed by atoms with Crippen LogP contribution in [0.5, 0.6) is 0 Å². The molecule has 32 heavy (non-hydrogen) atoms. The van der Waals surface area contributed by atoms with Crippen LogP contribution in [0, 0.1) is 6.92 Å². The zero-order chi connectivity index (χ0) is 23.1. The lowest BCUT2D eigenvalue weighted by molar-refractivity contribution is -0.139. The number of Topliss-reactive ketones (excluding diaryl/α,β-unsaturated/α-hetero) is 1. The monoisotopic (exact) mass is 457 g/mol. The van der Waals surface area contributed by atoms with Gasteiger partial charge in [-0.15, -0.1) is 5.10 Å². The molecule has 2 aromatic carbocycles. The summed E-state index contributed by atoms with van der Waals surface area (Å²) < 4.78 is 6.29. The number of halogens is 1. The van der Waals surface area contributed by atoms with Gasteiger partial charge in [-0.25, -0.2) is 9.48 Å². The van der Waals surface area contributed by atoms with E-state index in [-0.39, 0.29) is 19.0 Å². The average molecular weight is 458 g/mol. The molecule has 166 valence electrons. The Morgan fingerprint density at radius 3 is 2.66 bits per heavy atom. The van der Waals surface area contributed by atoms with Gasteiger partial charge in [-0.05, 0) is 35.0 Å². The highest BCUT2D eigenvalue weighted by Crippen LogP contribution is 2.26. The summed E-state index contributed by atoms with van der Waals surface area (Å²) in [5.41, 5.74) is 2.18. The van der Waals surface area contributed by atoms with E-state index in [0.717, 1.165) is 11.1 Å². The number of amides is 1. The Hall–Kier alpha value is -3.79. The Morgan fingerprint density at radius 1 is 1.19 bits per heavy atom. The van der Waals surface area contributed by atoms with Crippen LogP contribution in [0.15, 0.2) is 48.5 Å². The number of tetrazole rings is 1. The molecule has 0 saturated carbocycles. The van der Waals surface area contributed by atoms with Gasteiger partial charge >= 0.3 is 12.1 Å². The molecule has 1 unspecified atom stereocenters. The minimum atomic E-state index is -1.33. The van der Waals surface area contributed by atoms with Crippen LogP contribution in [-0.2, 0) is 27.5 Å². The number of rotatable bonds is 9. The lowest BCUT2D eigenvalue weighted by Crippen LogP contribution is -2.44. The first-order chi connectivity index (χ1) is 15.3. The Morgan fingerprint density at radius 2 is 1.94 bits per heavy atom. The lowest BCUT2D eigenvalue weighted by atomic mass is 10.1. The highest BCUT2D eigenvalue weighted by molar-refractivity contribution is 6.33. The molecule has 1 aromatic heterocycles. The van der Waals surface area contributed by atoms with E-state index >= 15 is 0 Å². The van der Waals surface area contributed by atoms with Gasteiger partial charge in [-0.2, -0.15) is 0 Å². The molecular formula is C21H20ClN5O5. The number of hydrogen-bond acceptors (Lipinski definition) is 7. The molecule has 0 aliphatic rings. The molecule has 1 heterocycles. The van der Waals surface area contributed by atoms with Crippen molar-refractivity contribution in [2.45, 2.75) is 32.5 Å². The first kappa shape index (κ1) is 22.9. The van der Waals surface area contributed by atoms with E-state index in [1.807, 2.05) is 19.1 Å². The van der Waals surface area contributed by atoms with Crippen LogP contribution < -0.4 is 5.32 Å². The zero-order valence-corrected chi connectivity index (χ0v) is 17.8. The maximum absolute atomic E-state index is 12.8. The number of ether oxygens (including phenoxy) is 1. The Balaban J connectivity index is 1.70. The summed E-state index contributed by atoms with van der Waals surface area (Å²) in [4.78, 5) is 36.2. The molecule has 1 atom stereocenters. The summed E-state index contributed by atoms with van der Waals surface area (Å²) in [5, 5.41) is 23.2. The van der Waals surface area contributed by atoms with Crippen molar-refractivity contribution >= 4 is 29.4 Å². The summed E-state index contributed by atoms with van der Waals surface area (Å²) >= 11 is 6.24. The molecular weight excluding hydrogens is 438 g/mol. The lowest BCUT2D eigenvalue weighted by Gasteiger charge is -2.16. The number of aliphatic carboxylic acids is 1. The normalized spacial score (nSPS) is 11.6. The number of benzene rings is 2. The topological polar surface area (TPSA) is 136 Å². The van der Waals surface area contributed by atoms with Crippen molar-refractivity contribution in [1.29, 1.82) is 0 Å². The first-order valence-electron chi connectivity index (χ1n) is 9.58. The van der Waals surface area contributed by atoms with Crippen molar-refractivity contribution in [2.75, 3.05) is 0 Å². The highest BCUT2D eigenvalue weighted by atomic mass is 35.5. The quantitative estimate of drug-likeness (QED) is 0.500. The second-order valence-electron chi connectivity index (χ2n) is 6.97. The second-order valence-corrected chi connectivity index (χ2v) is 7.37. The fourth-order valence-electron chi connectivity index (χ4n) is 2.90. The number of nitrogens with zero attached hydrogens (tertiary/aromatic N) is 4. The van der Waals surface area contributed by atoms with Crippen molar-refractivity contribution in [3.63, 3.8) is 0 Å². The zero-order valence-electron chi connectivity index (χ0n) is 17.1. The van der Waals surface area contributed by atoms with E-state index in [4.69, 9.17) is 16.3 Å². The Kier molecular flexibility index (Phi) is 7.50. The number of alkyl carbamates (subject to hydrolysis) is 1. The smallest absolute Gasteiger partial charge is 0.408 e. The minimum Gasteiger partial charge on any atom is -0.481 e. The number of nitrogens with one attached hydrogen (secondary N) is 1. The number of aryl methyl sites for hydroxylation is 1. The molecule has 0 radical (unpaired) electrons. The van der Waals surface area contributed by atoms with E-state index < -0.39 is 30.3 Å². The number of hydrogen-bond donors (Lipinski definition) is 2. The Bertz CT molecular complexity index is 1120. The third-order valence-corrected chi connectivity index (χ3v) is 4.80. The van der Waals surface area contributed by atoms with Crippen molar-refractivity contribution in [2.24, 2.45) is 0 Å². The molecule has 1 amide bonds. The van der Waals surface area contributed by atoms with Crippen molar-refractivity contribution in [3.05, 3.63) is 64.7 Å². The number of aromatic nitrogens is 4. The maximum Gasteiger partial charge on any atom is 0.408 e. The SMILES string of the molecule is Cc1ccc(Cl)c(-c2nnnn2CC(=O)C(CC(=O)O)NC(=O)OCc2ccccc2)c1. The van der Waals surface area contributed by atoms with Crippen LogP contribution in [0.4, 0.5) is 4.79 Å². The molecule has 0 aliphatic heterocycles. The van der Waals surface area contributed by atoms with Crippen LogP contribution in [0.1, 0.15) is 17.5 Å². The van der Waals surface area contributed by atoms with E-state index in [1.54, 1.807) is 36.4 Å². The Labute approximate surface area is 188 Å². The summed E-state index contributed by atoms with van der Waals surface area (Å²) in [5.74, 6) is -1.63. The van der Waals surface area contributed by atoms with Crippen LogP contribution >= 0.6 is 11.6 Å². The molecule has 0 fully saturated rings. The summed E-state index contributed by atoms with van der Waals surface area (Å²) in [7, 11) is 0. The molecule has 0 saturated heterocycles. The van der Waals surface area contributed by atoms with Crippen LogP contribution in [0.25, 0.3) is 11.4 Å². The second kappa shape index (κ2) is 10.5. The van der Waals surface area contributed by atoms with E-state index in [1.165, 1.54) is 4.68 Å². The first-order valence-corrected chi connectivity index (χ1v) is 9.95. The molecule has 2 N–H and O–H groups in total. The van der Waals surface area contributed by atoms with E-state index in [2.05, 4.69) is 20.8 Å². The number of carboxylic acids is 1. The van der Waals surface area contributed by atoms with Crippen molar-refractivity contribution in [1.82, 2.24) is 25.5 Å². The van der Waals surface area contributed by atoms with Crippen LogP contribution in [-0.4, -0.2) is 49.2 Å². The highest BCUT2D eigenvalue weighted by Gasteiger charge is 2.26. The van der Waals surface area contributed by atoms with Gasteiger partial charge in [-0.3, -0.25) is 9.59 Å². The van der Waals surface area contributed by atoms with Crippen LogP contribution in [0.2, 0.25) is 5.02 Å². The molecule has 10 nitrogen and oxygen atoms in total. The summed E-state index contributed by atoms with van der Waals surface area (Å²) in [6.45, 7) is 1.47. The van der Waals surface area contributed by atoms with Gasteiger partial charge in [0, 0.05) is 5.56 Å². The van der Waals surface area contributed by atoms with Crippen molar-refractivity contribution < 1.29 is 24.2 Å². The number of ketones is 1. The van der Waals surface area contributed by atoms with Gasteiger partial charge < -0.3 is 15.2 Å². The summed E-state index contributed by atoms with van der Waals surface area (Å²) in [6, 6.07) is 12.9. The van der Waals surface area contributed by atoms with Gasteiger partial charge in [-0.1, -0.05) is 53.6 Å². The number of carboxylic acid groups (broad SMARTS) is 1. The van der Waals surface area contributed by atoms with Crippen molar-refractivity contribution in [3.8, 4) is 11.4 Å². The van der Waals surface area contributed by atoms with Crippen LogP contribution in [0.3, 0.4) is 0 Å². The third kappa shape index (κ3) is 6.11. The fourth-order valence-corrected chi connectivity index (χ4v) is 3.10. The van der Waals surface area contributed by atoms with Gasteiger partial charge in [0.05, 0.1) is 11.4 Å². The van der Waals surface area contributed by atoms with Gasteiger partial charge in [0.25, 0.3) is 0 Å². The van der Waals surface area contributed by atoms with Gasteiger partial charge in [0.2, 0.25) is 0 Å². The number of carbonyl (C=O) groups is 3. The van der Waals surface area contributed by atoms with Gasteiger partial charge in [0.15, 0.2) is 11.6 Å². The molecule has 0 aliphatic carbocycles. The molecule has 0 bridgehead atoms. The molecule has 3 rings (SSSR count). The molecule has 11 heteroatoms. The molecule has 0 spiro atoms. The minimum absolute atomic E-state index is 0.0241. The summed E-state index contributed by atoms with van der Waals surface area (Å²) in [6.07, 6.45) is -1.53. The number of carbonyl (C=O) groups excluding carboxylic acids is 2. The van der Waals surface area contributed by atoms with E-state index in [0.29, 0.717) is 10.6 Å². The fraction of sp³-hybridized carbons (Fsp3) is 0.238. The maximum atomic E-state index is 12.8. The predicted octanol–water partition coefficient (Wildman–Crippen LogP) is 2.64. The largest absolute Gasteiger partial charge is 0.481 e. The predicted molar refractivity (Wildman–Crippen MR) is 114 cm³/mol. The molecule has 3 aromatic rings.